The molecular weight excluding hydrogens is 609 g/mol. The van der Waals surface area contributed by atoms with Crippen molar-refractivity contribution in [3.8, 4) is 28.0 Å². The summed E-state index contributed by atoms with van der Waals surface area (Å²) in [6.07, 6.45) is 7.89. The second-order valence-electron chi connectivity index (χ2n) is 12.5. The molecule has 5 aromatic rings. The fourth-order valence-corrected chi connectivity index (χ4v) is 7.04. The molecule has 1 amide bonds. The van der Waals surface area contributed by atoms with Gasteiger partial charge < -0.3 is 14.4 Å². The van der Waals surface area contributed by atoms with Crippen LogP contribution in [0.4, 0.5) is 9.18 Å². The van der Waals surface area contributed by atoms with Crippen LogP contribution in [-0.2, 0) is 14.8 Å². The van der Waals surface area contributed by atoms with E-state index in [2.05, 4.69) is 10.1 Å². The molecule has 1 saturated heterocycles. The Hall–Kier alpha value is -4.71. The molecule has 12 heteroatoms. The van der Waals surface area contributed by atoms with Crippen molar-refractivity contribution in [2.24, 2.45) is 0 Å². The van der Waals surface area contributed by atoms with Gasteiger partial charge in [0.25, 0.3) is 10.0 Å². The van der Waals surface area contributed by atoms with Gasteiger partial charge in [-0.05, 0) is 64.8 Å². The van der Waals surface area contributed by atoms with Crippen LogP contribution in [0, 0.1) is 12.7 Å². The first kappa shape index (κ1) is 31.3. The Morgan fingerprint density at radius 3 is 2.37 bits per heavy atom. The van der Waals surface area contributed by atoms with E-state index in [1.54, 1.807) is 53.7 Å². The summed E-state index contributed by atoms with van der Waals surface area (Å²) in [5.74, 6) is -0.560. The van der Waals surface area contributed by atoms with Crippen molar-refractivity contribution in [2.75, 3.05) is 20.2 Å². The van der Waals surface area contributed by atoms with Gasteiger partial charge in [0.15, 0.2) is 17.2 Å². The number of amides is 1. The molecule has 10 nitrogen and oxygen atoms in total. The van der Waals surface area contributed by atoms with Crippen molar-refractivity contribution in [3.05, 3.63) is 84.7 Å². The highest BCUT2D eigenvalue weighted by molar-refractivity contribution is 7.90. The first-order valence-electron chi connectivity index (χ1n) is 15.0. The second-order valence-corrected chi connectivity index (χ2v) is 14.3. The minimum atomic E-state index is -4.04. The van der Waals surface area contributed by atoms with Crippen LogP contribution in [0.3, 0.4) is 0 Å². The van der Waals surface area contributed by atoms with E-state index in [1.165, 1.54) is 19.4 Å². The van der Waals surface area contributed by atoms with Gasteiger partial charge in [-0.3, -0.25) is 4.68 Å². The number of benzene rings is 2. The van der Waals surface area contributed by atoms with Gasteiger partial charge in [0.2, 0.25) is 0 Å². The highest BCUT2D eigenvalue weighted by Crippen LogP contribution is 2.40. The van der Waals surface area contributed by atoms with Crippen LogP contribution in [0.5, 0.6) is 5.75 Å². The zero-order chi connectivity index (χ0) is 32.8. The Morgan fingerprint density at radius 1 is 0.978 bits per heavy atom. The third-order valence-electron chi connectivity index (χ3n) is 8.08. The number of methoxy groups -OCH3 is 1. The van der Waals surface area contributed by atoms with Crippen LogP contribution in [0.2, 0.25) is 0 Å². The van der Waals surface area contributed by atoms with Gasteiger partial charge in [-0.15, -0.1) is 0 Å². The van der Waals surface area contributed by atoms with E-state index in [-0.39, 0.29) is 28.4 Å². The summed E-state index contributed by atoms with van der Waals surface area (Å²) in [5, 5.41) is 5.13. The Bertz CT molecular complexity index is 2020. The highest BCUT2D eigenvalue weighted by Gasteiger charge is 2.29. The molecule has 0 radical (unpaired) electrons. The van der Waals surface area contributed by atoms with E-state index < -0.39 is 21.4 Å². The number of likely N-dealkylation sites (tertiary alicyclic amines) is 1. The standard InChI is InChI=1S/C34H36FN5O5S/c1-22-9-11-26(12-10-22)46(42,43)40-21-29(27-7-6-8-30(35)31(27)44-5)28-17-23(18-36-32(28)40)24-19-37-39(20-24)25-13-15-38(16-14-25)33(41)45-34(2,3)4/h6-12,17-21,25H,13-16H2,1-5H3. The van der Waals surface area contributed by atoms with Gasteiger partial charge in [0, 0.05) is 59.3 Å². The summed E-state index contributed by atoms with van der Waals surface area (Å²) in [5.41, 5.74) is 2.94. The first-order valence-corrected chi connectivity index (χ1v) is 16.5. The number of nitrogens with zero attached hydrogens (tertiary/aromatic N) is 5. The van der Waals surface area contributed by atoms with Gasteiger partial charge in [-0.1, -0.05) is 29.8 Å². The SMILES string of the molecule is COc1c(F)cccc1-c1cn(S(=O)(=O)c2ccc(C)cc2)c2ncc(-c3cnn(C4CCN(C(=O)OC(C)(C)C)CC4)c3)cc12. The van der Waals surface area contributed by atoms with E-state index in [0.717, 1.165) is 27.9 Å². The lowest BCUT2D eigenvalue weighted by Crippen LogP contribution is -2.42. The van der Waals surface area contributed by atoms with E-state index in [4.69, 9.17) is 9.47 Å². The van der Waals surface area contributed by atoms with Crippen LogP contribution in [0.15, 0.2) is 78.2 Å². The number of ether oxygens (including phenoxy) is 2. The molecule has 1 aliphatic heterocycles. The van der Waals surface area contributed by atoms with E-state index in [9.17, 15) is 17.6 Å². The smallest absolute Gasteiger partial charge is 0.410 e. The van der Waals surface area contributed by atoms with Crippen molar-refractivity contribution in [1.82, 2.24) is 23.6 Å². The van der Waals surface area contributed by atoms with E-state index >= 15 is 0 Å². The summed E-state index contributed by atoms with van der Waals surface area (Å²) in [6.45, 7) is 8.56. The predicted octanol–water partition coefficient (Wildman–Crippen LogP) is 6.83. The molecule has 0 unspecified atom stereocenters. The summed E-state index contributed by atoms with van der Waals surface area (Å²) in [4.78, 5) is 19.0. The lowest BCUT2D eigenvalue weighted by Gasteiger charge is -2.33. The van der Waals surface area contributed by atoms with Crippen LogP contribution in [0.1, 0.15) is 45.2 Å². The number of hydrogen-bond donors (Lipinski definition) is 0. The average molecular weight is 646 g/mol. The fraction of sp³-hybridized carbons (Fsp3) is 0.324. The largest absolute Gasteiger partial charge is 0.493 e. The number of carbonyl (C=O) groups excluding carboxylic acids is 1. The van der Waals surface area contributed by atoms with Crippen molar-refractivity contribution in [2.45, 2.75) is 57.1 Å². The van der Waals surface area contributed by atoms with Gasteiger partial charge in [-0.2, -0.15) is 5.10 Å². The molecule has 0 saturated carbocycles. The van der Waals surface area contributed by atoms with Crippen LogP contribution in [-0.4, -0.2) is 63.9 Å². The topological polar surface area (TPSA) is 109 Å². The van der Waals surface area contributed by atoms with Crippen LogP contribution in [0.25, 0.3) is 33.3 Å². The normalized spacial score (nSPS) is 14.5. The molecule has 46 heavy (non-hydrogen) atoms. The molecular formula is C34H36FN5O5S. The van der Waals surface area contributed by atoms with E-state index in [1.807, 2.05) is 44.6 Å². The number of aromatic nitrogens is 4. The van der Waals surface area contributed by atoms with Crippen molar-refractivity contribution in [3.63, 3.8) is 0 Å². The summed E-state index contributed by atoms with van der Waals surface area (Å²) >= 11 is 0. The van der Waals surface area contributed by atoms with Crippen molar-refractivity contribution in [1.29, 1.82) is 0 Å². The molecule has 6 rings (SSSR count). The fourth-order valence-electron chi connectivity index (χ4n) is 5.71. The van der Waals surface area contributed by atoms with Gasteiger partial charge >= 0.3 is 6.09 Å². The number of para-hydroxylation sites is 1. The van der Waals surface area contributed by atoms with Gasteiger partial charge in [0.1, 0.15) is 5.60 Å². The molecule has 1 fully saturated rings. The van der Waals surface area contributed by atoms with Crippen LogP contribution >= 0.6 is 0 Å². The number of hydrogen-bond acceptors (Lipinski definition) is 7. The molecule has 0 atom stereocenters. The molecule has 3 aromatic heterocycles. The summed E-state index contributed by atoms with van der Waals surface area (Å²) in [6, 6.07) is 13.1. The minimum Gasteiger partial charge on any atom is -0.493 e. The monoisotopic (exact) mass is 645 g/mol. The number of fused-ring (bicyclic) bond motifs is 1. The predicted molar refractivity (Wildman–Crippen MR) is 173 cm³/mol. The molecule has 0 N–H and O–H groups in total. The number of carbonyl (C=O) groups is 1. The number of pyridine rings is 1. The summed E-state index contributed by atoms with van der Waals surface area (Å²) < 4.78 is 56.5. The van der Waals surface area contributed by atoms with Crippen molar-refractivity contribution < 1.29 is 27.1 Å². The highest BCUT2D eigenvalue weighted by atomic mass is 32.2. The van der Waals surface area contributed by atoms with E-state index in [0.29, 0.717) is 35.2 Å². The molecule has 2 aromatic carbocycles. The Balaban J connectivity index is 1.37. The maximum Gasteiger partial charge on any atom is 0.410 e. The molecule has 0 aliphatic carbocycles. The molecule has 4 heterocycles. The lowest BCUT2D eigenvalue weighted by atomic mass is 10.0. The lowest BCUT2D eigenvalue weighted by molar-refractivity contribution is 0.0184. The molecule has 240 valence electrons. The average Bonchev–Trinajstić information content (AvgIpc) is 3.66. The third kappa shape index (κ3) is 5.96. The third-order valence-corrected chi connectivity index (χ3v) is 9.74. The minimum absolute atomic E-state index is 0.00484. The maximum atomic E-state index is 14.8. The van der Waals surface area contributed by atoms with Crippen LogP contribution < -0.4 is 4.74 Å². The Morgan fingerprint density at radius 2 is 1.70 bits per heavy atom. The number of rotatable bonds is 6. The van der Waals surface area contributed by atoms with Gasteiger partial charge in [-0.25, -0.2) is 26.6 Å². The zero-order valence-corrected chi connectivity index (χ0v) is 27.2. The first-order chi connectivity index (χ1) is 21.9. The summed E-state index contributed by atoms with van der Waals surface area (Å²) in [7, 11) is -2.67. The quantitative estimate of drug-likeness (QED) is 0.199. The Labute approximate surface area is 267 Å². The molecule has 0 bridgehead atoms. The maximum absolute atomic E-state index is 14.8. The number of piperidine rings is 1. The number of aryl methyl sites for hydroxylation is 1. The van der Waals surface area contributed by atoms with Gasteiger partial charge in [0.05, 0.1) is 24.2 Å². The van der Waals surface area contributed by atoms with Crippen molar-refractivity contribution >= 4 is 27.1 Å². The molecule has 1 aliphatic rings. The number of halogens is 1. The molecule has 0 spiro atoms. The zero-order valence-electron chi connectivity index (χ0n) is 26.4. The second kappa shape index (κ2) is 11.9. The Kier molecular flexibility index (Phi) is 8.09.